The average molecular weight is 255 g/mol. The molecule has 0 saturated heterocycles. The Hall–Kier alpha value is -1.14. The van der Waals surface area contributed by atoms with Gasteiger partial charge in [-0.15, -0.1) is 0 Å². The highest BCUT2D eigenvalue weighted by Crippen LogP contribution is 2.15. The summed E-state index contributed by atoms with van der Waals surface area (Å²) in [5, 5.41) is 5.88. The van der Waals surface area contributed by atoms with Crippen LogP contribution in [0.1, 0.15) is 0 Å². The minimum Gasteiger partial charge on any atom is -0.331 e. The molecule has 1 unspecified atom stereocenters. The largest absolute Gasteiger partial charge is 0.331 e. The fraction of sp³-hybridized carbons (Fsp3) is 0.100. The molecule has 0 saturated carbocycles. The molecule has 0 spiro atoms. The van der Waals surface area contributed by atoms with E-state index < -0.39 is 0 Å². The lowest BCUT2D eigenvalue weighted by molar-refractivity contribution is 0.412. The van der Waals surface area contributed by atoms with Crippen molar-refractivity contribution in [3.8, 4) is 0 Å². The number of hydrogen-bond donors (Lipinski definition) is 3. The first-order chi connectivity index (χ1) is 7.65. The van der Waals surface area contributed by atoms with Gasteiger partial charge in [0, 0.05) is 16.9 Å². The van der Waals surface area contributed by atoms with E-state index in [-0.39, 0.29) is 6.17 Å². The van der Waals surface area contributed by atoms with Gasteiger partial charge in [0.2, 0.25) is 0 Å². The summed E-state index contributed by atoms with van der Waals surface area (Å²) < 4.78 is 0. The van der Waals surface area contributed by atoms with E-state index in [1.807, 2.05) is 18.2 Å². The number of nitrogens with two attached hydrogens (primary N) is 1. The number of anilines is 1. The lowest BCUT2D eigenvalue weighted by atomic mass is 10.3. The number of hydrogen-bond acceptors (Lipinski definition) is 3. The number of hydrazine groups is 1. The smallest absolute Gasteiger partial charge is 0.192 e. The molecular formula is C10H11ClN4S. The van der Waals surface area contributed by atoms with Crippen molar-refractivity contribution in [1.82, 2.24) is 10.4 Å². The monoisotopic (exact) mass is 254 g/mol. The van der Waals surface area contributed by atoms with E-state index in [9.17, 15) is 0 Å². The van der Waals surface area contributed by atoms with E-state index >= 15 is 0 Å². The van der Waals surface area contributed by atoms with Crippen LogP contribution in [0.3, 0.4) is 0 Å². The molecule has 6 heteroatoms. The van der Waals surface area contributed by atoms with Gasteiger partial charge < -0.3 is 11.1 Å². The summed E-state index contributed by atoms with van der Waals surface area (Å²) in [5.74, 6) is 0. The van der Waals surface area contributed by atoms with Gasteiger partial charge in [0.15, 0.2) is 5.11 Å². The highest BCUT2D eigenvalue weighted by molar-refractivity contribution is 7.80. The Labute approximate surface area is 104 Å². The van der Waals surface area contributed by atoms with E-state index in [0.29, 0.717) is 10.1 Å². The number of halogens is 1. The molecule has 1 aromatic rings. The van der Waals surface area contributed by atoms with Gasteiger partial charge in [0.05, 0.1) is 6.17 Å². The minimum atomic E-state index is -0.195. The van der Waals surface area contributed by atoms with Crippen LogP contribution in [0.2, 0.25) is 5.02 Å². The molecule has 1 aromatic carbocycles. The van der Waals surface area contributed by atoms with Gasteiger partial charge in [-0.1, -0.05) is 17.7 Å². The standard InChI is InChI=1S/C10H11ClN4S/c11-7-2-1-3-8(6-7)13-10(16)15-5-4-9(12)14-15/h1-6,9,14H,12H2,(H,13,16). The van der Waals surface area contributed by atoms with Crippen LogP contribution in [0.25, 0.3) is 0 Å². The van der Waals surface area contributed by atoms with Gasteiger partial charge in [-0.3, -0.25) is 5.01 Å². The van der Waals surface area contributed by atoms with Crippen molar-refractivity contribution in [2.24, 2.45) is 5.73 Å². The second-order valence-corrected chi connectivity index (χ2v) is 4.13. The summed E-state index contributed by atoms with van der Waals surface area (Å²) >= 11 is 11.1. The second-order valence-electron chi connectivity index (χ2n) is 3.31. The van der Waals surface area contributed by atoms with Crippen LogP contribution in [-0.4, -0.2) is 16.3 Å². The maximum Gasteiger partial charge on any atom is 0.192 e. The first kappa shape index (κ1) is 11.3. The molecule has 0 fully saturated rings. The molecule has 1 heterocycles. The molecule has 16 heavy (non-hydrogen) atoms. The van der Waals surface area contributed by atoms with Crippen molar-refractivity contribution >= 4 is 34.6 Å². The molecule has 84 valence electrons. The topological polar surface area (TPSA) is 53.3 Å². The van der Waals surface area contributed by atoms with E-state index in [4.69, 9.17) is 29.6 Å². The number of benzene rings is 1. The van der Waals surface area contributed by atoms with Crippen LogP contribution in [0.15, 0.2) is 36.5 Å². The Morgan fingerprint density at radius 3 is 3.00 bits per heavy atom. The third-order valence-electron chi connectivity index (χ3n) is 2.03. The molecule has 1 aliphatic heterocycles. The number of nitrogens with zero attached hydrogens (tertiary/aromatic N) is 1. The van der Waals surface area contributed by atoms with E-state index in [0.717, 1.165) is 5.69 Å². The third kappa shape index (κ3) is 2.70. The summed E-state index contributed by atoms with van der Waals surface area (Å²) in [6.45, 7) is 0. The molecule has 1 atom stereocenters. The fourth-order valence-electron chi connectivity index (χ4n) is 1.30. The van der Waals surface area contributed by atoms with Crippen molar-refractivity contribution in [2.45, 2.75) is 6.17 Å². The average Bonchev–Trinajstić information content (AvgIpc) is 2.65. The van der Waals surface area contributed by atoms with Gasteiger partial charge in [-0.05, 0) is 36.5 Å². The zero-order chi connectivity index (χ0) is 11.5. The van der Waals surface area contributed by atoms with Crippen molar-refractivity contribution in [2.75, 3.05) is 5.32 Å². The second kappa shape index (κ2) is 4.80. The predicted octanol–water partition coefficient (Wildman–Crippen LogP) is 1.66. The van der Waals surface area contributed by atoms with Crippen LogP contribution >= 0.6 is 23.8 Å². The normalized spacial score (nSPS) is 18.9. The molecule has 1 aliphatic rings. The Morgan fingerprint density at radius 1 is 1.56 bits per heavy atom. The van der Waals surface area contributed by atoms with Crippen LogP contribution in [0, 0.1) is 0 Å². The van der Waals surface area contributed by atoms with Gasteiger partial charge >= 0.3 is 0 Å². The van der Waals surface area contributed by atoms with Crippen molar-refractivity contribution in [1.29, 1.82) is 0 Å². The van der Waals surface area contributed by atoms with Gasteiger partial charge in [-0.2, -0.15) is 0 Å². The molecule has 0 aliphatic carbocycles. The fourth-order valence-corrected chi connectivity index (χ4v) is 1.72. The van der Waals surface area contributed by atoms with E-state index in [1.54, 1.807) is 23.3 Å². The maximum absolute atomic E-state index is 5.86. The Morgan fingerprint density at radius 2 is 2.38 bits per heavy atom. The Balaban J connectivity index is 2.00. The molecule has 0 amide bonds. The highest BCUT2D eigenvalue weighted by atomic mass is 35.5. The summed E-state index contributed by atoms with van der Waals surface area (Å²) in [5.41, 5.74) is 9.42. The van der Waals surface area contributed by atoms with Crippen LogP contribution in [-0.2, 0) is 0 Å². The Kier molecular flexibility index (Phi) is 3.40. The maximum atomic E-state index is 5.86. The molecule has 0 bridgehead atoms. The van der Waals surface area contributed by atoms with Crippen molar-refractivity contribution in [3.63, 3.8) is 0 Å². The van der Waals surface area contributed by atoms with Crippen molar-refractivity contribution in [3.05, 3.63) is 41.6 Å². The number of rotatable bonds is 1. The summed E-state index contributed by atoms with van der Waals surface area (Å²) in [6, 6.07) is 7.34. The van der Waals surface area contributed by atoms with Crippen LogP contribution in [0.4, 0.5) is 5.69 Å². The SMILES string of the molecule is NC1C=CN(C(=S)Nc2cccc(Cl)c2)N1. The highest BCUT2D eigenvalue weighted by Gasteiger charge is 2.14. The van der Waals surface area contributed by atoms with Crippen LogP contribution in [0.5, 0.6) is 0 Å². The van der Waals surface area contributed by atoms with Gasteiger partial charge in [-0.25, -0.2) is 5.43 Å². The molecule has 4 nitrogen and oxygen atoms in total. The lowest BCUT2D eigenvalue weighted by Crippen LogP contribution is -2.45. The minimum absolute atomic E-state index is 0.195. The first-order valence-electron chi connectivity index (χ1n) is 4.71. The molecule has 4 N–H and O–H groups in total. The number of nitrogens with one attached hydrogen (secondary N) is 2. The van der Waals surface area contributed by atoms with Crippen molar-refractivity contribution < 1.29 is 0 Å². The zero-order valence-electron chi connectivity index (χ0n) is 8.35. The first-order valence-corrected chi connectivity index (χ1v) is 5.49. The quantitative estimate of drug-likeness (QED) is 0.666. The third-order valence-corrected chi connectivity index (χ3v) is 2.56. The number of thiocarbonyl (C=S) groups is 1. The Bertz CT molecular complexity index is 435. The lowest BCUT2D eigenvalue weighted by Gasteiger charge is -2.19. The van der Waals surface area contributed by atoms with E-state index in [2.05, 4.69) is 10.7 Å². The summed E-state index contributed by atoms with van der Waals surface area (Å²) in [7, 11) is 0. The van der Waals surface area contributed by atoms with Gasteiger partial charge in [0.25, 0.3) is 0 Å². The van der Waals surface area contributed by atoms with E-state index in [1.165, 1.54) is 0 Å². The predicted molar refractivity (Wildman–Crippen MR) is 69.8 cm³/mol. The summed E-state index contributed by atoms with van der Waals surface area (Å²) in [6.07, 6.45) is 3.40. The molecule has 2 rings (SSSR count). The van der Waals surface area contributed by atoms with Gasteiger partial charge in [0.1, 0.15) is 0 Å². The molecule has 0 aromatic heterocycles. The molecule has 0 radical (unpaired) electrons. The molecular weight excluding hydrogens is 244 g/mol. The zero-order valence-corrected chi connectivity index (χ0v) is 9.92. The summed E-state index contributed by atoms with van der Waals surface area (Å²) in [4.78, 5) is 0. The van der Waals surface area contributed by atoms with Crippen LogP contribution < -0.4 is 16.5 Å².